The van der Waals surface area contributed by atoms with Crippen LogP contribution in [0.5, 0.6) is 0 Å². The van der Waals surface area contributed by atoms with Crippen LogP contribution < -0.4 is 5.32 Å². The molecular formula is C14H16N2O3S2. The highest BCUT2D eigenvalue weighted by Gasteiger charge is 2.29. The van der Waals surface area contributed by atoms with Crippen molar-refractivity contribution in [1.29, 1.82) is 0 Å². The molecule has 1 N–H and O–H groups in total. The Labute approximate surface area is 127 Å². The Bertz CT molecular complexity index is 796. The van der Waals surface area contributed by atoms with Crippen molar-refractivity contribution in [2.24, 2.45) is 5.92 Å². The lowest BCUT2D eigenvalue weighted by Gasteiger charge is -2.06. The fourth-order valence-corrected chi connectivity index (χ4v) is 5.39. The monoisotopic (exact) mass is 324 g/mol. The number of hydrogen-bond acceptors (Lipinski definition) is 5. The zero-order chi connectivity index (χ0) is 15.0. The molecule has 112 valence electrons. The molecule has 2 heterocycles. The Kier molecular flexibility index (Phi) is 3.71. The second-order valence-corrected chi connectivity index (χ2v) is 8.77. The highest BCUT2D eigenvalue weighted by atomic mass is 32.2. The number of sulfone groups is 1. The molecule has 1 aromatic heterocycles. The van der Waals surface area contributed by atoms with E-state index in [0.717, 1.165) is 15.8 Å². The zero-order valence-electron chi connectivity index (χ0n) is 11.6. The molecule has 1 aliphatic rings. The number of rotatable bonds is 3. The first kappa shape index (κ1) is 14.5. The maximum Gasteiger partial charge on any atom is 0.226 e. The Morgan fingerprint density at radius 1 is 1.48 bits per heavy atom. The normalized spacial score (nSPS) is 20.7. The van der Waals surface area contributed by atoms with Gasteiger partial charge in [-0.05, 0) is 37.0 Å². The van der Waals surface area contributed by atoms with Gasteiger partial charge in [0.15, 0.2) is 15.0 Å². The highest BCUT2D eigenvalue weighted by molar-refractivity contribution is 7.91. The maximum absolute atomic E-state index is 12.0. The predicted molar refractivity (Wildman–Crippen MR) is 84.4 cm³/mol. The average Bonchev–Trinajstić information content (AvgIpc) is 2.91. The number of carbonyl (C=O) groups is 1. The van der Waals surface area contributed by atoms with Crippen molar-refractivity contribution in [3.63, 3.8) is 0 Å². The van der Waals surface area contributed by atoms with Crippen molar-refractivity contribution in [3.05, 3.63) is 23.8 Å². The smallest absolute Gasteiger partial charge is 0.226 e. The van der Waals surface area contributed by atoms with Crippen molar-refractivity contribution >= 4 is 42.4 Å². The van der Waals surface area contributed by atoms with Crippen LogP contribution in [0.3, 0.4) is 0 Å². The van der Waals surface area contributed by atoms with Crippen LogP contribution >= 0.6 is 11.3 Å². The van der Waals surface area contributed by atoms with E-state index in [2.05, 4.69) is 10.3 Å². The second-order valence-electron chi connectivity index (χ2n) is 5.51. The van der Waals surface area contributed by atoms with Gasteiger partial charge in [-0.15, -0.1) is 0 Å². The average molecular weight is 324 g/mol. The molecule has 1 saturated heterocycles. The van der Waals surface area contributed by atoms with E-state index in [-0.39, 0.29) is 29.8 Å². The Balaban J connectivity index is 1.66. The van der Waals surface area contributed by atoms with E-state index in [0.29, 0.717) is 11.6 Å². The number of anilines is 1. The number of benzene rings is 1. The number of fused-ring (bicyclic) bond motifs is 1. The van der Waals surface area contributed by atoms with Gasteiger partial charge in [0.2, 0.25) is 5.91 Å². The van der Waals surface area contributed by atoms with Crippen LogP contribution in [0.4, 0.5) is 5.13 Å². The van der Waals surface area contributed by atoms with Crippen molar-refractivity contribution in [3.8, 4) is 0 Å². The topological polar surface area (TPSA) is 76.1 Å². The number of nitrogens with zero attached hydrogens (tertiary/aromatic N) is 1. The predicted octanol–water partition coefficient (Wildman–Crippen LogP) is 2.37. The Morgan fingerprint density at radius 3 is 3.00 bits per heavy atom. The van der Waals surface area contributed by atoms with Crippen LogP contribution in [0.15, 0.2) is 18.2 Å². The summed E-state index contributed by atoms with van der Waals surface area (Å²) >= 11 is 1.44. The highest BCUT2D eigenvalue weighted by Crippen LogP contribution is 2.27. The largest absolute Gasteiger partial charge is 0.302 e. The van der Waals surface area contributed by atoms with E-state index in [4.69, 9.17) is 0 Å². The first-order valence-corrected chi connectivity index (χ1v) is 9.42. The van der Waals surface area contributed by atoms with E-state index >= 15 is 0 Å². The van der Waals surface area contributed by atoms with E-state index < -0.39 is 9.84 Å². The molecule has 0 spiro atoms. The molecule has 5 nitrogen and oxygen atoms in total. The minimum Gasteiger partial charge on any atom is -0.302 e. The molecule has 1 amide bonds. The van der Waals surface area contributed by atoms with Crippen LogP contribution in [0, 0.1) is 12.8 Å². The summed E-state index contributed by atoms with van der Waals surface area (Å²) in [5, 5.41) is 3.35. The van der Waals surface area contributed by atoms with Crippen LogP contribution in [0.25, 0.3) is 10.2 Å². The summed E-state index contributed by atoms with van der Waals surface area (Å²) in [5.41, 5.74) is 2.02. The number of hydrogen-bond donors (Lipinski definition) is 1. The standard InChI is InChI=1S/C14H16N2O3S2/c1-9-2-3-11-12(6-9)20-14(15-11)16-13(17)7-10-4-5-21(18,19)8-10/h2-3,6,10H,4-5,7-8H2,1H3,(H,15,16,17)/t10-/m1/s1. The minimum absolute atomic E-state index is 0.0633. The number of aromatic nitrogens is 1. The lowest BCUT2D eigenvalue weighted by atomic mass is 10.1. The summed E-state index contributed by atoms with van der Waals surface area (Å²) in [6, 6.07) is 5.95. The Hall–Kier alpha value is -1.47. The summed E-state index contributed by atoms with van der Waals surface area (Å²) in [6.07, 6.45) is 0.822. The van der Waals surface area contributed by atoms with Gasteiger partial charge in [0, 0.05) is 6.42 Å². The van der Waals surface area contributed by atoms with Crippen LogP contribution in [0.1, 0.15) is 18.4 Å². The quantitative estimate of drug-likeness (QED) is 0.940. The molecule has 21 heavy (non-hydrogen) atoms. The number of nitrogens with one attached hydrogen (secondary N) is 1. The third kappa shape index (κ3) is 3.41. The van der Waals surface area contributed by atoms with Crippen molar-refractivity contribution in [2.45, 2.75) is 19.8 Å². The first-order chi connectivity index (χ1) is 9.91. The van der Waals surface area contributed by atoms with Crippen molar-refractivity contribution in [2.75, 3.05) is 16.8 Å². The van der Waals surface area contributed by atoms with Gasteiger partial charge < -0.3 is 5.32 Å². The van der Waals surface area contributed by atoms with Gasteiger partial charge >= 0.3 is 0 Å². The molecule has 0 aliphatic carbocycles. The third-order valence-electron chi connectivity index (χ3n) is 3.59. The van der Waals surface area contributed by atoms with Gasteiger partial charge in [-0.3, -0.25) is 4.79 Å². The van der Waals surface area contributed by atoms with Crippen LogP contribution in [-0.4, -0.2) is 30.8 Å². The molecule has 1 fully saturated rings. The summed E-state index contributed by atoms with van der Waals surface area (Å²) in [6.45, 7) is 2.01. The van der Waals surface area contributed by atoms with Crippen LogP contribution in [-0.2, 0) is 14.6 Å². The molecule has 3 rings (SSSR count). The van der Waals surface area contributed by atoms with E-state index in [1.54, 1.807) is 0 Å². The summed E-state index contributed by atoms with van der Waals surface area (Å²) in [7, 11) is -2.93. The molecule has 1 atom stereocenters. The number of amides is 1. The lowest BCUT2D eigenvalue weighted by Crippen LogP contribution is -2.17. The fraction of sp³-hybridized carbons (Fsp3) is 0.429. The minimum atomic E-state index is -2.93. The second kappa shape index (κ2) is 5.38. The van der Waals surface area contributed by atoms with Gasteiger partial charge in [-0.25, -0.2) is 13.4 Å². The SMILES string of the molecule is Cc1ccc2nc(NC(=O)C[C@H]3CCS(=O)(=O)C3)sc2c1. The molecule has 2 aromatic rings. The Morgan fingerprint density at radius 2 is 2.29 bits per heavy atom. The molecule has 1 aliphatic heterocycles. The van der Waals surface area contributed by atoms with Gasteiger partial charge in [-0.1, -0.05) is 17.4 Å². The first-order valence-electron chi connectivity index (χ1n) is 6.79. The molecular weight excluding hydrogens is 308 g/mol. The molecule has 0 saturated carbocycles. The number of aryl methyl sites for hydroxylation is 1. The van der Waals surface area contributed by atoms with E-state index in [1.165, 1.54) is 11.3 Å². The molecule has 0 bridgehead atoms. The van der Waals surface area contributed by atoms with Gasteiger partial charge in [0.1, 0.15) is 0 Å². The zero-order valence-corrected chi connectivity index (χ0v) is 13.3. The lowest BCUT2D eigenvalue weighted by molar-refractivity contribution is -0.116. The maximum atomic E-state index is 12.0. The van der Waals surface area contributed by atoms with Crippen LogP contribution in [0.2, 0.25) is 0 Å². The fourth-order valence-electron chi connectivity index (χ4n) is 2.55. The van der Waals surface area contributed by atoms with Gasteiger partial charge in [0.05, 0.1) is 21.7 Å². The molecule has 0 unspecified atom stereocenters. The summed E-state index contributed by atoms with van der Waals surface area (Å²) in [5.74, 6) is 0.102. The molecule has 7 heteroatoms. The number of carbonyl (C=O) groups excluding carboxylic acids is 1. The van der Waals surface area contributed by atoms with Crippen molar-refractivity contribution in [1.82, 2.24) is 4.98 Å². The molecule has 1 aromatic carbocycles. The van der Waals surface area contributed by atoms with E-state index in [1.807, 2.05) is 25.1 Å². The molecule has 0 radical (unpaired) electrons. The summed E-state index contributed by atoms with van der Waals surface area (Å²) in [4.78, 5) is 16.3. The van der Waals surface area contributed by atoms with Gasteiger partial charge in [0.25, 0.3) is 0 Å². The van der Waals surface area contributed by atoms with E-state index in [9.17, 15) is 13.2 Å². The van der Waals surface area contributed by atoms with Crippen molar-refractivity contribution < 1.29 is 13.2 Å². The van der Waals surface area contributed by atoms with Gasteiger partial charge in [-0.2, -0.15) is 0 Å². The third-order valence-corrected chi connectivity index (χ3v) is 6.36. The number of thiazole rings is 1. The summed E-state index contributed by atoms with van der Waals surface area (Å²) < 4.78 is 23.8.